The Kier molecular flexibility index (Phi) is 3.43. The number of benzene rings is 1. The average Bonchev–Trinajstić information content (AvgIpc) is 2.14. The van der Waals surface area contributed by atoms with E-state index < -0.39 is 10.7 Å². The summed E-state index contributed by atoms with van der Waals surface area (Å²) in [5.74, 6) is 4.34. The first-order valence-electron chi connectivity index (χ1n) is 3.64. The lowest BCUT2D eigenvalue weighted by Gasteiger charge is -1.94. The van der Waals surface area contributed by atoms with Crippen LogP contribution in [0, 0.1) is 27.8 Å². The van der Waals surface area contributed by atoms with Gasteiger partial charge in [0.15, 0.2) is 0 Å². The van der Waals surface area contributed by atoms with E-state index in [1.807, 2.05) is 0 Å². The molecule has 1 aromatic carbocycles. The minimum Gasteiger partial charge on any atom is -0.258 e. The molecule has 0 heterocycles. The number of halogens is 2. The van der Waals surface area contributed by atoms with Crippen molar-refractivity contribution in [2.24, 2.45) is 0 Å². The minimum atomic E-state index is -0.613. The summed E-state index contributed by atoms with van der Waals surface area (Å²) in [5, 5.41) is 10.5. The zero-order valence-electron chi connectivity index (χ0n) is 6.96. The second kappa shape index (κ2) is 4.58. The van der Waals surface area contributed by atoms with E-state index in [1.165, 1.54) is 0 Å². The van der Waals surface area contributed by atoms with E-state index in [-0.39, 0.29) is 17.1 Å². The van der Waals surface area contributed by atoms with Gasteiger partial charge in [0.1, 0.15) is 11.4 Å². The summed E-state index contributed by atoms with van der Waals surface area (Å²) in [5.41, 5.74) is -0.181. The highest BCUT2D eigenvalue weighted by Gasteiger charge is 2.11. The Bertz CT molecular complexity index is 423. The summed E-state index contributed by atoms with van der Waals surface area (Å²) in [6.07, 6.45) is 0. The van der Waals surface area contributed by atoms with E-state index in [0.29, 0.717) is 0 Å². The van der Waals surface area contributed by atoms with Crippen molar-refractivity contribution in [3.05, 3.63) is 39.7 Å². The molecular formula is C9H5ClFNO2. The number of hydrogen-bond acceptors (Lipinski definition) is 2. The van der Waals surface area contributed by atoms with Crippen LogP contribution in [0.2, 0.25) is 0 Å². The van der Waals surface area contributed by atoms with Crippen LogP contribution in [0.1, 0.15) is 5.56 Å². The molecule has 1 aromatic rings. The zero-order chi connectivity index (χ0) is 10.6. The van der Waals surface area contributed by atoms with Gasteiger partial charge in [0.05, 0.1) is 10.8 Å². The van der Waals surface area contributed by atoms with Gasteiger partial charge in [-0.1, -0.05) is 11.8 Å². The first-order valence-corrected chi connectivity index (χ1v) is 4.17. The summed E-state index contributed by atoms with van der Waals surface area (Å²) in [6.45, 7) is 0. The molecule has 0 saturated carbocycles. The van der Waals surface area contributed by atoms with Crippen molar-refractivity contribution in [1.29, 1.82) is 0 Å². The number of alkyl halides is 1. The van der Waals surface area contributed by atoms with Crippen LogP contribution in [0.25, 0.3) is 0 Å². The van der Waals surface area contributed by atoms with Crippen LogP contribution in [-0.4, -0.2) is 10.8 Å². The van der Waals surface area contributed by atoms with E-state index in [0.717, 1.165) is 18.2 Å². The van der Waals surface area contributed by atoms with E-state index in [1.54, 1.807) is 0 Å². The predicted octanol–water partition coefficient (Wildman–Crippen LogP) is 2.32. The average molecular weight is 214 g/mol. The highest BCUT2D eigenvalue weighted by molar-refractivity contribution is 6.19. The normalized spacial score (nSPS) is 9.00. The molecule has 0 fully saturated rings. The molecule has 0 radical (unpaired) electrons. The fourth-order valence-electron chi connectivity index (χ4n) is 0.896. The molecule has 3 nitrogen and oxygen atoms in total. The third-order valence-electron chi connectivity index (χ3n) is 1.45. The molecule has 0 bridgehead atoms. The largest absolute Gasteiger partial charge is 0.285 e. The minimum absolute atomic E-state index is 0.0376. The first kappa shape index (κ1) is 10.5. The molecule has 0 aromatic heterocycles. The molecule has 0 atom stereocenters. The summed E-state index contributed by atoms with van der Waals surface area (Å²) in [4.78, 5) is 9.87. The monoisotopic (exact) mass is 213 g/mol. The lowest BCUT2D eigenvalue weighted by atomic mass is 10.2. The molecule has 72 valence electrons. The number of nitro groups is 1. The van der Waals surface area contributed by atoms with Crippen molar-refractivity contribution in [3.63, 3.8) is 0 Å². The number of hydrogen-bond donors (Lipinski definition) is 0. The number of nitro benzene ring substituents is 1. The Hall–Kier alpha value is -1.60. The molecule has 0 amide bonds. The van der Waals surface area contributed by atoms with E-state index in [9.17, 15) is 14.5 Å². The summed E-state index contributed by atoms with van der Waals surface area (Å²) >= 11 is 5.29. The van der Waals surface area contributed by atoms with Crippen LogP contribution in [0.4, 0.5) is 10.1 Å². The molecule has 0 aliphatic heterocycles. The van der Waals surface area contributed by atoms with Gasteiger partial charge >= 0.3 is 0 Å². The second-order valence-corrected chi connectivity index (χ2v) is 2.62. The topological polar surface area (TPSA) is 43.1 Å². The maximum absolute atomic E-state index is 12.7. The quantitative estimate of drug-likeness (QED) is 0.311. The lowest BCUT2D eigenvalue weighted by Crippen LogP contribution is -1.92. The Balaban J connectivity index is 3.22. The molecule has 0 aliphatic rings. The summed E-state index contributed by atoms with van der Waals surface area (Å²) < 4.78 is 12.7. The molecule has 0 saturated heterocycles. The van der Waals surface area contributed by atoms with E-state index in [4.69, 9.17) is 11.6 Å². The summed E-state index contributed by atoms with van der Waals surface area (Å²) in [6, 6.07) is 3.11. The van der Waals surface area contributed by atoms with Crippen LogP contribution >= 0.6 is 11.6 Å². The van der Waals surface area contributed by atoms with Gasteiger partial charge in [-0.3, -0.25) is 10.1 Å². The second-order valence-electron chi connectivity index (χ2n) is 2.35. The molecule has 0 unspecified atom stereocenters. The van der Waals surface area contributed by atoms with Crippen molar-refractivity contribution < 1.29 is 9.31 Å². The Morgan fingerprint density at radius 1 is 1.57 bits per heavy atom. The standard InChI is InChI=1S/C9H5ClFNO2/c10-5-1-2-7-6-8(11)3-4-9(7)12(13)14/h3-4,6H,5H2. The van der Waals surface area contributed by atoms with Crippen LogP contribution in [0.15, 0.2) is 18.2 Å². The van der Waals surface area contributed by atoms with Crippen molar-refractivity contribution in [3.8, 4) is 11.8 Å². The molecule has 0 spiro atoms. The van der Waals surface area contributed by atoms with Gasteiger partial charge in [-0.05, 0) is 12.1 Å². The van der Waals surface area contributed by atoms with Crippen molar-refractivity contribution >= 4 is 17.3 Å². The van der Waals surface area contributed by atoms with Crippen LogP contribution in [-0.2, 0) is 0 Å². The van der Waals surface area contributed by atoms with Crippen molar-refractivity contribution in [2.75, 3.05) is 5.88 Å². The third kappa shape index (κ3) is 2.44. The third-order valence-corrected chi connectivity index (χ3v) is 1.58. The maximum Gasteiger partial charge on any atom is 0.285 e. The van der Waals surface area contributed by atoms with Gasteiger partial charge < -0.3 is 0 Å². The van der Waals surface area contributed by atoms with Gasteiger partial charge in [0, 0.05) is 6.07 Å². The van der Waals surface area contributed by atoms with Gasteiger partial charge in [0.25, 0.3) is 5.69 Å². The Labute approximate surface area is 84.6 Å². The maximum atomic E-state index is 12.7. The van der Waals surface area contributed by atoms with Crippen LogP contribution < -0.4 is 0 Å². The molecule has 0 N–H and O–H groups in total. The molecular weight excluding hydrogens is 209 g/mol. The van der Waals surface area contributed by atoms with E-state index in [2.05, 4.69) is 11.8 Å². The van der Waals surface area contributed by atoms with E-state index >= 15 is 0 Å². The fraction of sp³-hybridized carbons (Fsp3) is 0.111. The lowest BCUT2D eigenvalue weighted by molar-refractivity contribution is -0.385. The van der Waals surface area contributed by atoms with Gasteiger partial charge in [-0.25, -0.2) is 4.39 Å². The zero-order valence-corrected chi connectivity index (χ0v) is 7.71. The van der Waals surface area contributed by atoms with Gasteiger partial charge in [-0.15, -0.1) is 11.6 Å². The predicted molar refractivity (Wildman–Crippen MR) is 50.7 cm³/mol. The molecule has 14 heavy (non-hydrogen) atoms. The van der Waals surface area contributed by atoms with Crippen LogP contribution in [0.3, 0.4) is 0 Å². The van der Waals surface area contributed by atoms with Crippen molar-refractivity contribution in [2.45, 2.75) is 0 Å². The fourth-order valence-corrected chi connectivity index (χ4v) is 0.963. The van der Waals surface area contributed by atoms with Crippen molar-refractivity contribution in [1.82, 2.24) is 0 Å². The van der Waals surface area contributed by atoms with Crippen LogP contribution in [0.5, 0.6) is 0 Å². The highest BCUT2D eigenvalue weighted by Crippen LogP contribution is 2.18. The molecule has 5 heteroatoms. The molecule has 0 aliphatic carbocycles. The number of rotatable bonds is 1. The Morgan fingerprint density at radius 2 is 2.29 bits per heavy atom. The number of nitrogens with zero attached hydrogens (tertiary/aromatic N) is 1. The van der Waals surface area contributed by atoms with Gasteiger partial charge in [-0.2, -0.15) is 0 Å². The SMILES string of the molecule is O=[N+]([O-])c1ccc(F)cc1C#CCCl. The summed E-state index contributed by atoms with van der Waals surface area (Å²) in [7, 11) is 0. The Morgan fingerprint density at radius 3 is 2.86 bits per heavy atom. The smallest absolute Gasteiger partial charge is 0.258 e. The van der Waals surface area contributed by atoms with Gasteiger partial charge in [0.2, 0.25) is 0 Å². The highest BCUT2D eigenvalue weighted by atomic mass is 35.5. The molecule has 1 rings (SSSR count). The first-order chi connectivity index (χ1) is 6.65.